The maximum atomic E-state index is 12.1. The third-order valence-electron chi connectivity index (χ3n) is 2.89. The molecule has 0 saturated carbocycles. The van der Waals surface area contributed by atoms with Crippen LogP contribution in [-0.2, 0) is 21.2 Å². The molecular formula is C14H13BrClN3O3S. The highest BCUT2D eigenvalue weighted by molar-refractivity contribution is 9.10. The molecule has 0 fully saturated rings. The van der Waals surface area contributed by atoms with Crippen LogP contribution in [0.3, 0.4) is 0 Å². The van der Waals surface area contributed by atoms with Gasteiger partial charge >= 0.3 is 0 Å². The molecule has 0 bridgehead atoms. The number of halogens is 2. The highest BCUT2D eigenvalue weighted by atomic mass is 79.9. The number of pyridine rings is 1. The standard InChI is InChI=1S/C14H13BrClN3O3S/c15-9-4-5-18-11(6-9)8-13(17)14(20)19-23(21,22)12-3-1-2-10(16)7-12/h1-7,13H,8,17H2,(H,19,20)/t13-/m0/s1. The Morgan fingerprint density at radius 1 is 1.35 bits per heavy atom. The molecule has 2 rings (SSSR count). The summed E-state index contributed by atoms with van der Waals surface area (Å²) < 4.78 is 27.0. The van der Waals surface area contributed by atoms with E-state index in [-0.39, 0.29) is 16.3 Å². The summed E-state index contributed by atoms with van der Waals surface area (Å²) in [6, 6.07) is 7.99. The first-order chi connectivity index (χ1) is 10.8. The second kappa shape index (κ2) is 7.39. The lowest BCUT2D eigenvalue weighted by molar-refractivity contribution is -0.120. The van der Waals surface area contributed by atoms with E-state index in [0.29, 0.717) is 5.69 Å². The molecule has 23 heavy (non-hydrogen) atoms. The van der Waals surface area contributed by atoms with Crippen LogP contribution in [-0.4, -0.2) is 25.4 Å². The Hall–Kier alpha value is -1.48. The number of benzene rings is 1. The monoisotopic (exact) mass is 417 g/mol. The van der Waals surface area contributed by atoms with Gasteiger partial charge in [-0.05, 0) is 30.3 Å². The van der Waals surface area contributed by atoms with E-state index in [9.17, 15) is 13.2 Å². The van der Waals surface area contributed by atoms with Crippen molar-refractivity contribution >= 4 is 43.5 Å². The number of hydrogen-bond donors (Lipinski definition) is 2. The van der Waals surface area contributed by atoms with Crippen LogP contribution in [0.1, 0.15) is 5.69 Å². The van der Waals surface area contributed by atoms with Gasteiger partial charge in [0.2, 0.25) is 0 Å². The van der Waals surface area contributed by atoms with Crippen LogP contribution in [0.2, 0.25) is 5.02 Å². The number of rotatable bonds is 5. The summed E-state index contributed by atoms with van der Waals surface area (Å²) in [6.45, 7) is 0. The van der Waals surface area contributed by atoms with E-state index in [2.05, 4.69) is 20.9 Å². The number of carbonyl (C=O) groups excluding carboxylic acids is 1. The zero-order valence-electron chi connectivity index (χ0n) is 11.7. The number of hydrogen-bond acceptors (Lipinski definition) is 5. The molecule has 0 spiro atoms. The number of carbonyl (C=O) groups is 1. The zero-order chi connectivity index (χ0) is 17.0. The van der Waals surface area contributed by atoms with Crippen LogP contribution >= 0.6 is 27.5 Å². The zero-order valence-corrected chi connectivity index (χ0v) is 14.9. The summed E-state index contributed by atoms with van der Waals surface area (Å²) in [5, 5.41) is 0.253. The van der Waals surface area contributed by atoms with Crippen LogP contribution in [0.25, 0.3) is 0 Å². The first-order valence-corrected chi connectivity index (χ1v) is 9.11. The molecule has 1 atom stereocenters. The van der Waals surface area contributed by atoms with E-state index in [1.165, 1.54) is 24.3 Å². The molecule has 3 N–H and O–H groups in total. The summed E-state index contributed by atoms with van der Waals surface area (Å²) in [6.07, 6.45) is 1.67. The van der Waals surface area contributed by atoms with Gasteiger partial charge in [0, 0.05) is 27.8 Å². The molecular weight excluding hydrogens is 406 g/mol. The number of nitrogens with zero attached hydrogens (tertiary/aromatic N) is 1. The van der Waals surface area contributed by atoms with Gasteiger partial charge in [-0.1, -0.05) is 33.6 Å². The van der Waals surface area contributed by atoms with Gasteiger partial charge in [0.1, 0.15) is 0 Å². The Morgan fingerprint density at radius 3 is 2.74 bits per heavy atom. The molecule has 0 saturated heterocycles. The third-order valence-corrected chi connectivity index (χ3v) is 4.96. The fourth-order valence-electron chi connectivity index (χ4n) is 1.78. The van der Waals surface area contributed by atoms with Gasteiger partial charge < -0.3 is 5.73 Å². The highest BCUT2D eigenvalue weighted by Gasteiger charge is 2.22. The fraction of sp³-hybridized carbons (Fsp3) is 0.143. The summed E-state index contributed by atoms with van der Waals surface area (Å²) >= 11 is 9.04. The quantitative estimate of drug-likeness (QED) is 0.772. The van der Waals surface area contributed by atoms with Gasteiger partial charge in [0.25, 0.3) is 15.9 Å². The predicted octanol–water partition coefficient (Wildman–Crippen LogP) is 1.87. The normalized spacial score (nSPS) is 12.7. The average molecular weight is 419 g/mol. The minimum atomic E-state index is -4.02. The third kappa shape index (κ3) is 5.00. The molecule has 1 amide bonds. The van der Waals surface area contributed by atoms with E-state index < -0.39 is 22.0 Å². The number of aromatic nitrogens is 1. The Kier molecular flexibility index (Phi) is 5.74. The lowest BCUT2D eigenvalue weighted by Crippen LogP contribution is -2.44. The van der Waals surface area contributed by atoms with Crippen molar-refractivity contribution in [2.24, 2.45) is 5.73 Å². The molecule has 1 heterocycles. The van der Waals surface area contributed by atoms with Crippen molar-refractivity contribution in [3.8, 4) is 0 Å². The highest BCUT2D eigenvalue weighted by Crippen LogP contribution is 2.15. The largest absolute Gasteiger partial charge is 0.320 e. The first-order valence-electron chi connectivity index (χ1n) is 6.46. The molecule has 0 aliphatic rings. The lowest BCUT2D eigenvalue weighted by Gasteiger charge is -2.12. The minimum absolute atomic E-state index is 0.105. The number of nitrogens with one attached hydrogen (secondary N) is 1. The van der Waals surface area contributed by atoms with E-state index in [0.717, 1.165) is 4.47 Å². The second-order valence-electron chi connectivity index (χ2n) is 4.70. The molecule has 0 aliphatic heterocycles. The van der Waals surface area contributed by atoms with Crippen LogP contribution in [0, 0.1) is 0 Å². The minimum Gasteiger partial charge on any atom is -0.320 e. The predicted molar refractivity (Wildman–Crippen MR) is 90.4 cm³/mol. The maximum Gasteiger partial charge on any atom is 0.264 e. The molecule has 122 valence electrons. The molecule has 0 radical (unpaired) electrons. The Balaban J connectivity index is 2.08. The average Bonchev–Trinajstić information content (AvgIpc) is 2.46. The lowest BCUT2D eigenvalue weighted by atomic mass is 10.1. The van der Waals surface area contributed by atoms with Gasteiger partial charge in [-0.2, -0.15) is 0 Å². The van der Waals surface area contributed by atoms with Crippen molar-refractivity contribution in [2.45, 2.75) is 17.4 Å². The summed E-state index contributed by atoms with van der Waals surface area (Å²) in [5.74, 6) is -0.813. The summed E-state index contributed by atoms with van der Waals surface area (Å²) in [7, 11) is -4.02. The fourth-order valence-corrected chi connectivity index (χ4v) is 3.49. The topological polar surface area (TPSA) is 102 Å². The van der Waals surface area contributed by atoms with E-state index in [4.69, 9.17) is 17.3 Å². The summed E-state index contributed by atoms with van der Waals surface area (Å²) in [5.41, 5.74) is 6.33. The van der Waals surface area contributed by atoms with Gasteiger partial charge in [0.05, 0.1) is 10.9 Å². The van der Waals surface area contributed by atoms with Crippen molar-refractivity contribution in [3.63, 3.8) is 0 Å². The number of amides is 1. The molecule has 0 unspecified atom stereocenters. The van der Waals surface area contributed by atoms with Crippen molar-refractivity contribution in [1.82, 2.24) is 9.71 Å². The Labute approximate surface area is 147 Å². The molecule has 1 aromatic heterocycles. The molecule has 0 aliphatic carbocycles. The van der Waals surface area contributed by atoms with E-state index in [1.807, 2.05) is 4.72 Å². The van der Waals surface area contributed by atoms with Gasteiger partial charge in [-0.3, -0.25) is 9.78 Å². The Bertz CT molecular complexity index is 830. The second-order valence-corrected chi connectivity index (χ2v) is 7.74. The van der Waals surface area contributed by atoms with E-state index in [1.54, 1.807) is 18.3 Å². The SMILES string of the molecule is N[C@@H](Cc1cc(Br)ccn1)C(=O)NS(=O)(=O)c1cccc(Cl)c1. The molecule has 1 aromatic carbocycles. The van der Waals surface area contributed by atoms with Crippen LogP contribution in [0.5, 0.6) is 0 Å². The summed E-state index contributed by atoms with van der Waals surface area (Å²) in [4.78, 5) is 16.0. The number of sulfonamides is 1. The van der Waals surface area contributed by atoms with Crippen LogP contribution in [0.4, 0.5) is 0 Å². The number of nitrogens with two attached hydrogens (primary N) is 1. The van der Waals surface area contributed by atoms with E-state index >= 15 is 0 Å². The molecule has 2 aromatic rings. The van der Waals surface area contributed by atoms with Crippen molar-refractivity contribution < 1.29 is 13.2 Å². The van der Waals surface area contributed by atoms with Gasteiger partial charge in [-0.15, -0.1) is 0 Å². The molecule has 6 nitrogen and oxygen atoms in total. The van der Waals surface area contributed by atoms with Crippen molar-refractivity contribution in [2.75, 3.05) is 0 Å². The van der Waals surface area contributed by atoms with Crippen molar-refractivity contribution in [1.29, 1.82) is 0 Å². The Morgan fingerprint density at radius 2 is 2.09 bits per heavy atom. The van der Waals surface area contributed by atoms with Crippen LogP contribution < -0.4 is 10.5 Å². The molecule has 9 heteroatoms. The smallest absolute Gasteiger partial charge is 0.264 e. The van der Waals surface area contributed by atoms with Crippen molar-refractivity contribution in [3.05, 3.63) is 57.8 Å². The first kappa shape index (κ1) is 17.9. The van der Waals surface area contributed by atoms with Gasteiger partial charge in [0.15, 0.2) is 0 Å². The van der Waals surface area contributed by atoms with Crippen LogP contribution in [0.15, 0.2) is 52.0 Å². The maximum absolute atomic E-state index is 12.1. The van der Waals surface area contributed by atoms with Gasteiger partial charge in [-0.25, -0.2) is 13.1 Å².